The van der Waals surface area contributed by atoms with Crippen LogP contribution in [0.2, 0.25) is 0 Å². The number of anilines is 1. The average Bonchev–Trinajstić information content (AvgIpc) is 3.26. The Morgan fingerprint density at radius 3 is 2.71 bits per heavy atom. The van der Waals surface area contributed by atoms with Gasteiger partial charge < -0.3 is 5.32 Å². The number of aryl methyl sites for hydroxylation is 1. The number of hydrogen-bond acceptors (Lipinski definition) is 4. The van der Waals surface area contributed by atoms with Crippen LogP contribution in [0.15, 0.2) is 40.6 Å². The minimum absolute atomic E-state index is 0.110. The van der Waals surface area contributed by atoms with E-state index in [1.807, 2.05) is 25.1 Å². The van der Waals surface area contributed by atoms with E-state index in [-0.39, 0.29) is 15.7 Å². The van der Waals surface area contributed by atoms with Gasteiger partial charge in [0.1, 0.15) is 9.77 Å². The lowest BCUT2D eigenvalue weighted by Crippen LogP contribution is -2.29. The van der Waals surface area contributed by atoms with E-state index in [1.54, 1.807) is 11.4 Å². The molecule has 2 heterocycles. The number of thiophene rings is 1. The maximum absolute atomic E-state index is 12.7. The van der Waals surface area contributed by atoms with Gasteiger partial charge in [-0.2, -0.15) is 4.31 Å². The fourth-order valence-electron chi connectivity index (χ4n) is 2.79. The molecule has 0 unspecified atom stereocenters. The van der Waals surface area contributed by atoms with Crippen molar-refractivity contribution in [3.8, 4) is 0 Å². The van der Waals surface area contributed by atoms with Gasteiger partial charge in [-0.25, -0.2) is 8.42 Å². The van der Waals surface area contributed by atoms with E-state index in [2.05, 4.69) is 5.32 Å². The number of amides is 1. The molecule has 0 atom stereocenters. The van der Waals surface area contributed by atoms with E-state index in [1.165, 1.54) is 10.4 Å². The van der Waals surface area contributed by atoms with Gasteiger partial charge in [0.15, 0.2) is 0 Å². The number of sulfonamides is 1. The molecular weight excluding hydrogens is 344 g/mol. The summed E-state index contributed by atoms with van der Waals surface area (Å²) >= 11 is 1.15. The number of hydrogen-bond donors (Lipinski definition) is 1. The highest BCUT2D eigenvalue weighted by Crippen LogP contribution is 2.28. The van der Waals surface area contributed by atoms with Crippen LogP contribution in [0.5, 0.6) is 0 Å². The van der Waals surface area contributed by atoms with E-state index < -0.39 is 10.0 Å². The topological polar surface area (TPSA) is 66.5 Å². The summed E-state index contributed by atoms with van der Waals surface area (Å²) in [4.78, 5) is 12.9. The monoisotopic (exact) mass is 364 g/mol. The second-order valence-electron chi connectivity index (χ2n) is 5.73. The Labute approximate surface area is 146 Å². The summed E-state index contributed by atoms with van der Waals surface area (Å²) in [5.41, 5.74) is 1.79. The molecular formula is C17H20N2O3S2. The Hall–Kier alpha value is -1.70. The van der Waals surface area contributed by atoms with Crippen molar-refractivity contribution < 1.29 is 13.2 Å². The molecule has 1 aromatic carbocycles. The molecule has 1 amide bonds. The van der Waals surface area contributed by atoms with E-state index >= 15 is 0 Å². The maximum atomic E-state index is 12.7. The average molecular weight is 364 g/mol. The Bertz CT molecular complexity index is 837. The highest BCUT2D eigenvalue weighted by Gasteiger charge is 2.31. The van der Waals surface area contributed by atoms with Crippen LogP contribution in [0.1, 0.15) is 35.0 Å². The first kappa shape index (κ1) is 17.1. The minimum atomic E-state index is -3.59. The highest BCUT2D eigenvalue weighted by atomic mass is 32.2. The molecule has 5 nitrogen and oxygen atoms in total. The first-order chi connectivity index (χ1) is 11.5. The normalized spacial score (nSPS) is 15.5. The molecule has 7 heteroatoms. The van der Waals surface area contributed by atoms with Crippen molar-refractivity contribution in [3.05, 3.63) is 46.2 Å². The molecule has 0 bridgehead atoms. The largest absolute Gasteiger partial charge is 0.321 e. The molecule has 1 aliphatic rings. The van der Waals surface area contributed by atoms with Gasteiger partial charge in [-0.3, -0.25) is 4.79 Å². The SMILES string of the molecule is CCc1cccc(NC(=O)c2sccc2S(=O)(=O)N2CCCC2)c1. The van der Waals surface area contributed by atoms with Crippen LogP contribution in [0, 0.1) is 0 Å². The molecule has 1 aliphatic heterocycles. The molecule has 1 saturated heterocycles. The van der Waals surface area contributed by atoms with Gasteiger partial charge in [0.05, 0.1) is 0 Å². The minimum Gasteiger partial charge on any atom is -0.321 e. The summed E-state index contributed by atoms with van der Waals surface area (Å²) < 4.78 is 26.9. The Morgan fingerprint density at radius 2 is 2.00 bits per heavy atom. The predicted molar refractivity (Wildman–Crippen MR) is 96.1 cm³/mol. The second kappa shape index (κ2) is 7.04. The molecule has 0 radical (unpaired) electrons. The second-order valence-corrected chi connectivity index (χ2v) is 8.56. The molecule has 0 aliphatic carbocycles. The Kier molecular flexibility index (Phi) is 5.03. The van der Waals surface area contributed by atoms with Gasteiger partial charge >= 0.3 is 0 Å². The van der Waals surface area contributed by atoms with Crippen molar-refractivity contribution >= 4 is 33.0 Å². The molecule has 3 rings (SSSR count). The number of carbonyl (C=O) groups is 1. The van der Waals surface area contributed by atoms with E-state index in [9.17, 15) is 13.2 Å². The molecule has 1 N–H and O–H groups in total. The Balaban J connectivity index is 1.85. The third-order valence-electron chi connectivity index (χ3n) is 4.11. The zero-order valence-corrected chi connectivity index (χ0v) is 15.1. The quantitative estimate of drug-likeness (QED) is 0.885. The van der Waals surface area contributed by atoms with E-state index in [0.717, 1.165) is 36.2 Å². The van der Waals surface area contributed by atoms with Crippen LogP contribution in [0.3, 0.4) is 0 Å². The lowest BCUT2D eigenvalue weighted by molar-refractivity contribution is 0.102. The van der Waals surface area contributed by atoms with E-state index in [4.69, 9.17) is 0 Å². The number of rotatable bonds is 5. The number of carbonyl (C=O) groups excluding carboxylic acids is 1. The molecule has 2 aromatic rings. The summed E-state index contributed by atoms with van der Waals surface area (Å²) in [5, 5.41) is 4.46. The zero-order valence-electron chi connectivity index (χ0n) is 13.5. The predicted octanol–water partition coefficient (Wildman–Crippen LogP) is 3.35. The van der Waals surface area contributed by atoms with Crippen LogP contribution >= 0.6 is 11.3 Å². The fraction of sp³-hybridized carbons (Fsp3) is 0.353. The smallest absolute Gasteiger partial charge is 0.267 e. The van der Waals surface area contributed by atoms with Crippen molar-refractivity contribution in [2.75, 3.05) is 18.4 Å². The highest BCUT2D eigenvalue weighted by molar-refractivity contribution is 7.89. The van der Waals surface area contributed by atoms with Crippen LogP contribution in [-0.2, 0) is 16.4 Å². The van der Waals surface area contributed by atoms with Gasteiger partial charge in [0, 0.05) is 18.8 Å². The first-order valence-electron chi connectivity index (χ1n) is 8.00. The standard InChI is InChI=1S/C17H20N2O3S2/c1-2-13-6-5-7-14(12-13)18-17(20)16-15(8-11-23-16)24(21,22)19-9-3-4-10-19/h5-8,11-12H,2-4,9-10H2,1H3,(H,18,20). The van der Waals surface area contributed by atoms with E-state index in [0.29, 0.717) is 18.8 Å². The molecule has 0 spiro atoms. The number of nitrogens with one attached hydrogen (secondary N) is 1. The lowest BCUT2D eigenvalue weighted by Gasteiger charge is -2.15. The van der Waals surface area contributed by atoms with Gasteiger partial charge in [0.25, 0.3) is 5.91 Å². The fourth-order valence-corrected chi connectivity index (χ4v) is 5.60. The summed E-state index contributed by atoms with van der Waals surface area (Å²) in [6.07, 6.45) is 2.61. The van der Waals surface area contributed by atoms with Crippen molar-refractivity contribution in [1.29, 1.82) is 0 Å². The molecule has 1 fully saturated rings. The van der Waals surface area contributed by atoms with Crippen LogP contribution in [0.4, 0.5) is 5.69 Å². The first-order valence-corrected chi connectivity index (χ1v) is 10.3. The number of nitrogens with zero attached hydrogens (tertiary/aromatic N) is 1. The van der Waals surface area contributed by atoms with Crippen molar-refractivity contribution in [1.82, 2.24) is 4.31 Å². The lowest BCUT2D eigenvalue weighted by atomic mass is 10.1. The van der Waals surface area contributed by atoms with Crippen LogP contribution in [-0.4, -0.2) is 31.7 Å². The van der Waals surface area contributed by atoms with Gasteiger partial charge in [0.2, 0.25) is 10.0 Å². The van der Waals surface area contributed by atoms with Crippen molar-refractivity contribution in [2.24, 2.45) is 0 Å². The Morgan fingerprint density at radius 1 is 1.25 bits per heavy atom. The maximum Gasteiger partial charge on any atom is 0.267 e. The van der Waals surface area contributed by atoms with Gasteiger partial charge in [-0.15, -0.1) is 11.3 Å². The van der Waals surface area contributed by atoms with Gasteiger partial charge in [-0.05, 0) is 48.4 Å². The van der Waals surface area contributed by atoms with Crippen LogP contribution < -0.4 is 5.32 Å². The number of benzene rings is 1. The summed E-state index contributed by atoms with van der Waals surface area (Å²) in [5.74, 6) is -0.379. The zero-order chi connectivity index (χ0) is 17.2. The molecule has 24 heavy (non-hydrogen) atoms. The third-order valence-corrected chi connectivity index (χ3v) is 7.09. The molecule has 1 aromatic heterocycles. The van der Waals surface area contributed by atoms with Crippen molar-refractivity contribution in [3.63, 3.8) is 0 Å². The molecule has 128 valence electrons. The van der Waals surface area contributed by atoms with Gasteiger partial charge in [-0.1, -0.05) is 19.1 Å². The molecule has 0 saturated carbocycles. The third kappa shape index (κ3) is 3.38. The summed E-state index contributed by atoms with van der Waals surface area (Å²) in [7, 11) is -3.59. The van der Waals surface area contributed by atoms with Crippen LogP contribution in [0.25, 0.3) is 0 Å². The summed E-state index contributed by atoms with van der Waals surface area (Å²) in [6, 6.07) is 9.10. The summed E-state index contributed by atoms with van der Waals surface area (Å²) in [6.45, 7) is 3.09. The van der Waals surface area contributed by atoms with Crippen molar-refractivity contribution in [2.45, 2.75) is 31.1 Å².